The zero-order chi connectivity index (χ0) is 18.5. The van der Waals surface area contributed by atoms with Crippen LogP contribution in [-0.2, 0) is 6.61 Å². The standard InChI is InChI=1S/C17H14Cl2N4O2S/c1-24-12-3-2-4-13(8-12)25-10-16-21-22-17(26)23(16)20-9-11-5-6-14(18)15(19)7-11/h2-9H,10H2,1H3,(H,22,26)/b20-9-. The van der Waals surface area contributed by atoms with Crippen LogP contribution in [-0.4, -0.2) is 28.2 Å². The fraction of sp³-hybridized carbons (Fsp3) is 0.118. The van der Waals surface area contributed by atoms with Gasteiger partial charge < -0.3 is 9.47 Å². The summed E-state index contributed by atoms with van der Waals surface area (Å²) in [5.74, 6) is 1.88. The van der Waals surface area contributed by atoms with Gasteiger partial charge in [-0.25, -0.2) is 5.10 Å². The fourth-order valence-electron chi connectivity index (χ4n) is 2.09. The molecule has 0 spiro atoms. The van der Waals surface area contributed by atoms with Crippen molar-refractivity contribution in [2.45, 2.75) is 6.61 Å². The van der Waals surface area contributed by atoms with E-state index >= 15 is 0 Å². The van der Waals surface area contributed by atoms with E-state index in [1.807, 2.05) is 18.2 Å². The van der Waals surface area contributed by atoms with E-state index < -0.39 is 0 Å². The Morgan fingerprint density at radius 3 is 2.77 bits per heavy atom. The van der Waals surface area contributed by atoms with Gasteiger partial charge in [-0.3, -0.25) is 0 Å². The Kier molecular flexibility index (Phi) is 5.92. The summed E-state index contributed by atoms with van der Waals surface area (Å²) < 4.78 is 12.7. The summed E-state index contributed by atoms with van der Waals surface area (Å²) in [5.41, 5.74) is 0.780. The van der Waals surface area contributed by atoms with Crippen LogP contribution in [0, 0.1) is 4.77 Å². The van der Waals surface area contributed by atoms with E-state index in [-0.39, 0.29) is 6.61 Å². The molecular formula is C17H14Cl2N4O2S. The normalized spacial score (nSPS) is 11.0. The first-order valence-electron chi connectivity index (χ1n) is 7.49. The molecule has 0 amide bonds. The molecule has 0 bridgehead atoms. The summed E-state index contributed by atoms with van der Waals surface area (Å²) in [5, 5.41) is 12.1. The molecular weight excluding hydrogens is 395 g/mol. The number of nitrogens with zero attached hydrogens (tertiary/aromatic N) is 3. The average molecular weight is 409 g/mol. The van der Waals surface area contributed by atoms with Crippen molar-refractivity contribution in [2.24, 2.45) is 5.10 Å². The molecule has 0 saturated carbocycles. The van der Waals surface area contributed by atoms with Gasteiger partial charge in [-0.1, -0.05) is 35.3 Å². The smallest absolute Gasteiger partial charge is 0.216 e. The first-order chi connectivity index (χ1) is 12.6. The molecule has 0 unspecified atom stereocenters. The summed E-state index contributed by atoms with van der Waals surface area (Å²) in [7, 11) is 1.60. The highest BCUT2D eigenvalue weighted by molar-refractivity contribution is 7.71. The van der Waals surface area contributed by atoms with Gasteiger partial charge in [0, 0.05) is 6.07 Å². The maximum Gasteiger partial charge on any atom is 0.216 e. The summed E-state index contributed by atoms with van der Waals surface area (Å²) in [6, 6.07) is 12.5. The van der Waals surface area contributed by atoms with Gasteiger partial charge in [0.15, 0.2) is 5.82 Å². The summed E-state index contributed by atoms with van der Waals surface area (Å²) in [6.07, 6.45) is 1.61. The van der Waals surface area contributed by atoms with Gasteiger partial charge in [-0.15, -0.1) is 0 Å². The molecule has 2 aromatic carbocycles. The minimum Gasteiger partial charge on any atom is -0.497 e. The average Bonchev–Trinajstić information content (AvgIpc) is 3.01. The van der Waals surface area contributed by atoms with Crippen molar-refractivity contribution in [1.29, 1.82) is 0 Å². The third kappa shape index (κ3) is 4.43. The predicted molar refractivity (Wildman–Crippen MR) is 104 cm³/mol. The number of halogens is 2. The van der Waals surface area contributed by atoms with E-state index in [9.17, 15) is 0 Å². The molecule has 134 valence electrons. The number of ether oxygens (including phenoxy) is 2. The maximum absolute atomic E-state index is 6.01. The maximum atomic E-state index is 6.01. The molecule has 0 radical (unpaired) electrons. The van der Waals surface area contributed by atoms with Crippen molar-refractivity contribution in [3.8, 4) is 11.5 Å². The highest BCUT2D eigenvalue weighted by Crippen LogP contribution is 2.22. The minimum absolute atomic E-state index is 0.180. The number of aromatic amines is 1. The van der Waals surface area contributed by atoms with Crippen LogP contribution in [0.4, 0.5) is 0 Å². The molecule has 0 aliphatic rings. The zero-order valence-electron chi connectivity index (χ0n) is 13.6. The number of H-pyrrole nitrogens is 1. The van der Waals surface area contributed by atoms with E-state index in [0.29, 0.717) is 32.1 Å². The Labute approximate surface area is 165 Å². The van der Waals surface area contributed by atoms with E-state index in [1.165, 1.54) is 4.68 Å². The van der Waals surface area contributed by atoms with Crippen molar-refractivity contribution >= 4 is 41.6 Å². The second-order valence-electron chi connectivity index (χ2n) is 5.14. The van der Waals surface area contributed by atoms with Crippen LogP contribution in [0.1, 0.15) is 11.4 Å². The number of nitrogens with one attached hydrogen (secondary N) is 1. The molecule has 0 fully saturated rings. The number of methoxy groups -OCH3 is 1. The third-order valence-corrected chi connectivity index (χ3v) is 4.40. The van der Waals surface area contributed by atoms with Crippen molar-refractivity contribution in [3.63, 3.8) is 0 Å². The van der Waals surface area contributed by atoms with Crippen LogP contribution in [0.2, 0.25) is 10.0 Å². The molecule has 1 heterocycles. The van der Waals surface area contributed by atoms with Crippen LogP contribution in [0.25, 0.3) is 0 Å². The molecule has 1 N–H and O–H groups in total. The second-order valence-corrected chi connectivity index (χ2v) is 6.34. The molecule has 0 atom stereocenters. The Balaban J connectivity index is 1.77. The van der Waals surface area contributed by atoms with E-state index in [4.69, 9.17) is 44.9 Å². The lowest BCUT2D eigenvalue weighted by molar-refractivity contribution is 0.288. The van der Waals surface area contributed by atoms with Gasteiger partial charge in [0.2, 0.25) is 4.77 Å². The molecule has 6 nitrogen and oxygen atoms in total. The van der Waals surface area contributed by atoms with Gasteiger partial charge in [-0.05, 0) is 42.0 Å². The number of aromatic nitrogens is 3. The largest absolute Gasteiger partial charge is 0.497 e. The first kappa shape index (κ1) is 18.4. The van der Waals surface area contributed by atoms with Crippen LogP contribution in [0.3, 0.4) is 0 Å². The quantitative estimate of drug-likeness (QED) is 0.473. The third-order valence-electron chi connectivity index (χ3n) is 3.39. The minimum atomic E-state index is 0.180. The van der Waals surface area contributed by atoms with Crippen molar-refractivity contribution in [3.05, 3.63) is 68.7 Å². The topological polar surface area (TPSA) is 64.4 Å². The Bertz CT molecular complexity index is 1000. The van der Waals surface area contributed by atoms with Crippen LogP contribution in [0.5, 0.6) is 11.5 Å². The van der Waals surface area contributed by atoms with Crippen molar-refractivity contribution < 1.29 is 9.47 Å². The monoisotopic (exact) mass is 408 g/mol. The first-order valence-corrected chi connectivity index (χ1v) is 8.66. The Morgan fingerprint density at radius 2 is 2.00 bits per heavy atom. The number of rotatable bonds is 6. The van der Waals surface area contributed by atoms with Gasteiger partial charge in [0.05, 0.1) is 23.4 Å². The molecule has 3 aromatic rings. The Hall–Kier alpha value is -2.35. The van der Waals surface area contributed by atoms with Crippen LogP contribution < -0.4 is 9.47 Å². The number of hydrogen-bond acceptors (Lipinski definition) is 5. The van der Waals surface area contributed by atoms with Gasteiger partial charge in [0.1, 0.15) is 18.1 Å². The lowest BCUT2D eigenvalue weighted by Gasteiger charge is -2.07. The molecule has 1 aromatic heterocycles. The lowest BCUT2D eigenvalue weighted by atomic mass is 10.2. The SMILES string of the molecule is COc1cccc(OCc2n[nH]c(=S)n2/N=C\c2ccc(Cl)c(Cl)c2)c1. The molecule has 0 saturated heterocycles. The molecule has 0 aliphatic heterocycles. The van der Waals surface area contributed by atoms with E-state index in [0.717, 1.165) is 5.56 Å². The zero-order valence-corrected chi connectivity index (χ0v) is 16.0. The highest BCUT2D eigenvalue weighted by atomic mass is 35.5. The van der Waals surface area contributed by atoms with E-state index in [2.05, 4.69) is 15.3 Å². The molecule has 9 heteroatoms. The predicted octanol–water partition coefficient (Wildman–Crippen LogP) is 4.72. The second kappa shape index (κ2) is 8.35. The Morgan fingerprint density at radius 1 is 1.19 bits per heavy atom. The summed E-state index contributed by atoms with van der Waals surface area (Å²) in [4.78, 5) is 0. The van der Waals surface area contributed by atoms with Gasteiger partial charge in [-0.2, -0.15) is 14.9 Å². The summed E-state index contributed by atoms with van der Waals surface area (Å²) in [6.45, 7) is 0.180. The van der Waals surface area contributed by atoms with Gasteiger partial charge >= 0.3 is 0 Å². The summed E-state index contributed by atoms with van der Waals surface area (Å²) >= 11 is 17.1. The number of hydrogen-bond donors (Lipinski definition) is 1. The van der Waals surface area contributed by atoms with E-state index in [1.54, 1.807) is 37.6 Å². The molecule has 3 rings (SSSR count). The van der Waals surface area contributed by atoms with Crippen LogP contribution >= 0.6 is 35.4 Å². The van der Waals surface area contributed by atoms with Crippen molar-refractivity contribution in [1.82, 2.24) is 14.9 Å². The van der Waals surface area contributed by atoms with Crippen LogP contribution in [0.15, 0.2) is 47.6 Å². The van der Waals surface area contributed by atoms with Gasteiger partial charge in [0.25, 0.3) is 0 Å². The highest BCUT2D eigenvalue weighted by Gasteiger charge is 2.07. The number of benzene rings is 2. The molecule has 26 heavy (non-hydrogen) atoms. The lowest BCUT2D eigenvalue weighted by Crippen LogP contribution is -2.04. The fourth-order valence-corrected chi connectivity index (χ4v) is 2.60. The molecule has 0 aliphatic carbocycles. The van der Waals surface area contributed by atoms with Crippen molar-refractivity contribution in [2.75, 3.05) is 7.11 Å².